The van der Waals surface area contributed by atoms with Crippen LogP contribution in [0.15, 0.2) is 21.7 Å². The van der Waals surface area contributed by atoms with E-state index in [9.17, 15) is 25.2 Å². The average Bonchev–Trinajstić information content (AvgIpc) is 3.39. The van der Waals surface area contributed by atoms with Gasteiger partial charge in [0.2, 0.25) is 5.96 Å². The van der Waals surface area contributed by atoms with Crippen molar-refractivity contribution in [1.82, 2.24) is 15.2 Å². The van der Waals surface area contributed by atoms with Crippen LogP contribution in [0.2, 0.25) is 0 Å². The molecule has 49 heavy (non-hydrogen) atoms. The van der Waals surface area contributed by atoms with Crippen LogP contribution in [0.3, 0.4) is 0 Å². The number of nitrogens with zero attached hydrogens (tertiary/aromatic N) is 4. The Kier molecular flexibility index (Phi) is 16.6. The molecule has 0 radical (unpaired) electrons. The summed E-state index contributed by atoms with van der Waals surface area (Å²) in [7, 11) is 1.47. The maximum absolute atomic E-state index is 13.1. The number of likely N-dealkylation sites (N-methyl/N-ethyl adjacent to an activating group) is 2. The van der Waals surface area contributed by atoms with Crippen LogP contribution in [0.1, 0.15) is 79.1 Å². The normalized spacial score (nSPS) is 32.7. The van der Waals surface area contributed by atoms with Crippen molar-refractivity contribution in [2.24, 2.45) is 44.4 Å². The number of halogens is 2. The first-order valence-corrected chi connectivity index (χ1v) is 17.6. The SMILES string of the molecule is CCN(CC)CCN=C(N)NN=C1CCC2(C)C(=CCC3C2CCC2(C)C(OC(=O)N(C)CC(O)C(O)C(O)C(O)CO)CCC32)C1.Cl.Cl. The number of rotatable bonds is 13. The van der Waals surface area contributed by atoms with Gasteiger partial charge in [-0.1, -0.05) is 39.3 Å². The molecule has 10 atom stereocenters. The molecule has 13 nitrogen and oxygen atoms in total. The van der Waals surface area contributed by atoms with Crippen molar-refractivity contribution in [3.05, 3.63) is 11.6 Å². The maximum atomic E-state index is 13.1. The second-order valence-corrected chi connectivity index (χ2v) is 14.7. The molecule has 0 saturated heterocycles. The van der Waals surface area contributed by atoms with E-state index in [1.165, 1.54) is 17.5 Å². The number of guanidine groups is 1. The fourth-order valence-electron chi connectivity index (χ4n) is 8.99. The lowest BCUT2D eigenvalue weighted by Gasteiger charge is -2.57. The molecule has 0 aromatic rings. The summed E-state index contributed by atoms with van der Waals surface area (Å²) >= 11 is 0. The van der Waals surface area contributed by atoms with E-state index in [2.05, 4.69) is 54.2 Å². The van der Waals surface area contributed by atoms with Crippen LogP contribution in [0.25, 0.3) is 0 Å². The highest BCUT2D eigenvalue weighted by Gasteiger charge is 2.59. The number of nitrogens with two attached hydrogens (primary N) is 1. The van der Waals surface area contributed by atoms with Gasteiger partial charge in [0.1, 0.15) is 30.5 Å². The molecule has 0 heterocycles. The fraction of sp³-hybridized carbons (Fsp3) is 0.853. The third-order valence-electron chi connectivity index (χ3n) is 12.1. The van der Waals surface area contributed by atoms with Crippen LogP contribution in [0.5, 0.6) is 0 Å². The fourth-order valence-corrected chi connectivity index (χ4v) is 8.99. The summed E-state index contributed by atoms with van der Waals surface area (Å²) in [4.78, 5) is 21.0. The smallest absolute Gasteiger partial charge is 0.409 e. The number of fused-ring (bicyclic) bond motifs is 5. The first-order valence-electron chi connectivity index (χ1n) is 17.6. The molecule has 3 saturated carbocycles. The number of ether oxygens (including phenoxy) is 1. The minimum absolute atomic E-state index is 0. The number of hydrazone groups is 1. The molecule has 0 aromatic heterocycles. The minimum Gasteiger partial charge on any atom is -0.446 e. The number of aliphatic hydroxyl groups excluding tert-OH is 5. The van der Waals surface area contributed by atoms with Crippen molar-refractivity contribution in [3.8, 4) is 0 Å². The van der Waals surface area contributed by atoms with Crippen LogP contribution in [-0.4, -0.2) is 130 Å². The Morgan fingerprint density at radius 3 is 2.39 bits per heavy atom. The van der Waals surface area contributed by atoms with E-state index in [4.69, 9.17) is 15.6 Å². The number of carbonyl (C=O) groups is 1. The Hall–Kier alpha value is -1.71. The third kappa shape index (κ3) is 9.59. The van der Waals surface area contributed by atoms with Crippen LogP contribution in [0.4, 0.5) is 4.79 Å². The lowest BCUT2D eigenvalue weighted by molar-refractivity contribution is -0.119. The van der Waals surface area contributed by atoms with Gasteiger partial charge in [0.05, 0.1) is 19.7 Å². The van der Waals surface area contributed by atoms with Crippen LogP contribution >= 0.6 is 24.8 Å². The van der Waals surface area contributed by atoms with Crippen molar-refractivity contribution in [1.29, 1.82) is 0 Å². The molecule has 8 N–H and O–H groups in total. The molecular weight excluding hydrogens is 675 g/mol. The zero-order valence-corrected chi connectivity index (χ0v) is 31.5. The van der Waals surface area contributed by atoms with Gasteiger partial charge in [-0.05, 0) is 81.2 Å². The highest BCUT2D eigenvalue weighted by molar-refractivity contribution is 5.89. The molecule has 10 unspecified atom stereocenters. The number of hydrogen-bond acceptors (Lipinski definition) is 10. The van der Waals surface area contributed by atoms with Crippen molar-refractivity contribution >= 4 is 42.6 Å². The summed E-state index contributed by atoms with van der Waals surface area (Å²) < 4.78 is 6.06. The van der Waals surface area contributed by atoms with Gasteiger partial charge in [-0.25, -0.2) is 10.2 Å². The number of amides is 1. The van der Waals surface area contributed by atoms with Gasteiger partial charge in [0.15, 0.2) is 0 Å². The zero-order chi connectivity index (χ0) is 34.5. The molecule has 3 fully saturated rings. The second kappa shape index (κ2) is 18.7. The number of aliphatic hydroxyl groups is 5. The minimum atomic E-state index is -1.75. The van der Waals surface area contributed by atoms with E-state index in [-0.39, 0.29) is 48.3 Å². The molecule has 0 aliphatic heterocycles. The lowest BCUT2D eigenvalue weighted by atomic mass is 9.48. The van der Waals surface area contributed by atoms with Gasteiger partial charge in [-0.2, -0.15) is 5.10 Å². The molecule has 284 valence electrons. The molecule has 4 rings (SSSR count). The first-order chi connectivity index (χ1) is 22.3. The van der Waals surface area contributed by atoms with E-state index in [0.29, 0.717) is 30.3 Å². The molecule has 15 heteroatoms. The quantitative estimate of drug-likeness (QED) is 0.0638. The van der Waals surface area contributed by atoms with Crippen LogP contribution in [0, 0.1) is 28.6 Å². The van der Waals surface area contributed by atoms with Gasteiger partial charge in [0, 0.05) is 31.1 Å². The highest BCUT2D eigenvalue weighted by atomic mass is 35.5. The number of hydrogen-bond donors (Lipinski definition) is 7. The molecule has 1 amide bonds. The lowest BCUT2D eigenvalue weighted by Crippen LogP contribution is -2.52. The van der Waals surface area contributed by atoms with E-state index in [1.54, 1.807) is 0 Å². The topological polar surface area (TPSA) is 197 Å². The van der Waals surface area contributed by atoms with Gasteiger partial charge in [-0.15, -0.1) is 24.8 Å². The van der Waals surface area contributed by atoms with E-state index in [1.807, 2.05) is 0 Å². The van der Waals surface area contributed by atoms with Gasteiger partial charge >= 0.3 is 6.09 Å². The summed E-state index contributed by atoms with van der Waals surface area (Å²) in [6.45, 7) is 11.4. The van der Waals surface area contributed by atoms with Crippen LogP contribution < -0.4 is 11.2 Å². The molecule has 0 spiro atoms. The number of aliphatic imine (C=N–C) groups is 1. The summed E-state index contributed by atoms with van der Waals surface area (Å²) in [5.74, 6) is 1.88. The number of carbonyl (C=O) groups excluding carboxylic acids is 1. The third-order valence-corrected chi connectivity index (χ3v) is 12.1. The molecule has 0 aromatic carbocycles. The average molecular weight is 738 g/mol. The van der Waals surface area contributed by atoms with Gasteiger partial charge < -0.3 is 45.8 Å². The summed E-state index contributed by atoms with van der Waals surface area (Å²) in [6, 6.07) is 0. The second-order valence-electron chi connectivity index (χ2n) is 14.7. The highest BCUT2D eigenvalue weighted by Crippen LogP contribution is 2.65. The van der Waals surface area contributed by atoms with Crippen LogP contribution in [-0.2, 0) is 4.74 Å². The molecular formula is C34H62Cl2N6O7. The Bertz CT molecular complexity index is 1180. The predicted molar refractivity (Wildman–Crippen MR) is 195 cm³/mol. The Balaban J connectivity index is 0.00000417. The molecule has 4 aliphatic carbocycles. The Labute approximate surface area is 304 Å². The van der Waals surface area contributed by atoms with E-state index < -0.39 is 37.1 Å². The van der Waals surface area contributed by atoms with Crippen molar-refractivity contribution in [2.45, 2.75) is 110 Å². The van der Waals surface area contributed by atoms with Crippen molar-refractivity contribution in [3.63, 3.8) is 0 Å². The number of nitrogens with one attached hydrogen (secondary N) is 1. The van der Waals surface area contributed by atoms with Gasteiger partial charge in [-0.3, -0.25) is 4.99 Å². The van der Waals surface area contributed by atoms with Crippen molar-refractivity contribution in [2.75, 3.05) is 46.4 Å². The van der Waals surface area contributed by atoms with Crippen molar-refractivity contribution < 1.29 is 35.1 Å². The van der Waals surface area contributed by atoms with Gasteiger partial charge in [0.25, 0.3) is 0 Å². The standard InChI is InChI=1S/C34H60N6O7.2ClH/c1-6-40(7-2)17-16-36-31(35)38-37-22-12-14-33(3)21(18-22)8-9-23-24-10-11-28(34(24,4)15-13-25(23)33)47-32(46)39(5)19-26(42)29(44)30(45)27(43)20-41;;/h8,23-30,41-45H,6-7,9-20H2,1-5H3,(H3,35,36,38);2*1H. The molecule has 0 bridgehead atoms. The molecule has 4 aliphatic rings. The summed E-state index contributed by atoms with van der Waals surface area (Å²) in [5, 5.41) is 53.7. The summed E-state index contributed by atoms with van der Waals surface area (Å²) in [5.41, 5.74) is 11.7. The van der Waals surface area contributed by atoms with E-state index >= 15 is 0 Å². The van der Waals surface area contributed by atoms with E-state index in [0.717, 1.165) is 76.7 Å². The summed E-state index contributed by atoms with van der Waals surface area (Å²) in [6.07, 6.45) is 2.64. The predicted octanol–water partition coefficient (Wildman–Crippen LogP) is 2.27. The Morgan fingerprint density at radius 2 is 1.73 bits per heavy atom. The first kappa shape index (κ1) is 43.5. The monoisotopic (exact) mass is 736 g/mol. The largest absolute Gasteiger partial charge is 0.446 e. The maximum Gasteiger partial charge on any atom is 0.409 e. The number of allylic oxidation sites excluding steroid dienone is 2. The zero-order valence-electron chi connectivity index (χ0n) is 29.8. The Morgan fingerprint density at radius 1 is 1.06 bits per heavy atom.